The molecule has 5 aliphatic heterocycles. The van der Waals surface area contributed by atoms with Crippen molar-refractivity contribution in [3.63, 3.8) is 0 Å². The third-order valence-electron chi connectivity index (χ3n) is 5.34. The zero-order valence-electron chi connectivity index (χ0n) is 10.0. The Morgan fingerprint density at radius 2 is 2.28 bits per heavy atom. The third kappa shape index (κ3) is 0.753. The average Bonchev–Trinajstić information content (AvgIpc) is 2.91. The molecule has 0 N–H and O–H groups in total. The molecule has 0 aromatic rings. The van der Waals surface area contributed by atoms with Gasteiger partial charge < -0.3 is 18.9 Å². The van der Waals surface area contributed by atoms with Crippen molar-refractivity contribution in [2.24, 2.45) is 5.92 Å². The van der Waals surface area contributed by atoms with Gasteiger partial charge in [0.15, 0.2) is 5.60 Å². The maximum atomic E-state index is 11.8. The highest BCUT2D eigenvalue weighted by Crippen LogP contribution is 2.65. The van der Waals surface area contributed by atoms with Crippen LogP contribution in [0.3, 0.4) is 0 Å². The maximum Gasteiger partial charge on any atom is 0.309 e. The molecule has 4 saturated heterocycles. The van der Waals surface area contributed by atoms with Crippen LogP contribution in [-0.4, -0.2) is 48.2 Å². The Bertz CT molecular complexity index is 502. The van der Waals surface area contributed by atoms with Crippen LogP contribution in [0.1, 0.15) is 13.3 Å². The van der Waals surface area contributed by atoms with Crippen molar-refractivity contribution in [2.45, 2.75) is 42.4 Å². The fraction of sp³-hybridized carbons (Fsp3) is 0.769. The van der Waals surface area contributed by atoms with Gasteiger partial charge in [0.2, 0.25) is 0 Å². The van der Waals surface area contributed by atoms with Crippen LogP contribution in [0.2, 0.25) is 0 Å². The highest BCUT2D eigenvalue weighted by atomic mass is 16.7. The van der Waals surface area contributed by atoms with Crippen molar-refractivity contribution in [1.82, 2.24) is 0 Å². The summed E-state index contributed by atoms with van der Waals surface area (Å²) in [5.74, 6) is -0.135. The number of ether oxygens (including phenoxy) is 4. The second-order valence-electron chi connectivity index (χ2n) is 6.18. The Kier molecular flexibility index (Phi) is 1.40. The second kappa shape index (κ2) is 2.53. The molecule has 6 atom stereocenters. The maximum absolute atomic E-state index is 11.8. The highest BCUT2D eigenvalue weighted by molar-refractivity contribution is 5.76. The molecule has 0 aromatic heterocycles. The number of carbonyl (C=O) groups excluding carboxylic acids is 1. The first kappa shape index (κ1) is 9.95. The van der Waals surface area contributed by atoms with E-state index >= 15 is 0 Å². The van der Waals surface area contributed by atoms with E-state index < -0.39 is 16.8 Å². The molecular formula is C13H14O5. The van der Waals surface area contributed by atoms with E-state index in [1.807, 2.05) is 13.0 Å². The Labute approximate surface area is 104 Å². The van der Waals surface area contributed by atoms with Gasteiger partial charge in [-0.1, -0.05) is 12.2 Å². The topological polar surface area (TPSA) is 54.0 Å². The van der Waals surface area contributed by atoms with E-state index in [4.69, 9.17) is 18.9 Å². The molecule has 5 nitrogen and oxygen atoms in total. The predicted octanol–water partition coefficient (Wildman–Crippen LogP) is 0.183. The van der Waals surface area contributed by atoms with Gasteiger partial charge in [0.05, 0.1) is 25.6 Å². The van der Waals surface area contributed by atoms with Gasteiger partial charge >= 0.3 is 5.97 Å². The lowest BCUT2D eigenvalue weighted by Gasteiger charge is -2.37. The lowest BCUT2D eigenvalue weighted by molar-refractivity contribution is -0.159. The fourth-order valence-corrected chi connectivity index (χ4v) is 4.66. The zero-order chi connectivity index (χ0) is 12.2. The largest absolute Gasteiger partial charge is 0.452 e. The number of hydrogen-bond donors (Lipinski definition) is 0. The Morgan fingerprint density at radius 1 is 1.39 bits per heavy atom. The van der Waals surface area contributed by atoms with Gasteiger partial charge in [-0.15, -0.1) is 0 Å². The minimum Gasteiger partial charge on any atom is -0.452 e. The van der Waals surface area contributed by atoms with Gasteiger partial charge in [0.25, 0.3) is 0 Å². The summed E-state index contributed by atoms with van der Waals surface area (Å²) in [6, 6.07) is 0. The van der Waals surface area contributed by atoms with Gasteiger partial charge in [0.1, 0.15) is 23.4 Å². The number of hydrogen-bond acceptors (Lipinski definition) is 5. The normalized spacial score (nSPS) is 62.9. The van der Waals surface area contributed by atoms with E-state index in [2.05, 4.69) is 6.08 Å². The molecule has 96 valence electrons. The van der Waals surface area contributed by atoms with E-state index in [0.717, 1.165) is 0 Å². The molecule has 2 bridgehead atoms. The summed E-state index contributed by atoms with van der Waals surface area (Å²) >= 11 is 0. The van der Waals surface area contributed by atoms with Crippen LogP contribution < -0.4 is 0 Å². The summed E-state index contributed by atoms with van der Waals surface area (Å²) in [7, 11) is 0. The fourth-order valence-electron chi connectivity index (χ4n) is 4.66. The molecule has 0 aliphatic carbocycles. The third-order valence-corrected chi connectivity index (χ3v) is 5.34. The van der Waals surface area contributed by atoms with Gasteiger partial charge in [-0.25, -0.2) is 0 Å². The SMILES string of the molecule is C[C@@]12CC(=O)O[C@]13[C@H]1O[C@@]4(C=C[C@H]1O2)COC[C@@H]34. The second-order valence-corrected chi connectivity index (χ2v) is 6.18. The number of esters is 1. The van der Waals surface area contributed by atoms with E-state index in [1.165, 1.54) is 0 Å². The molecule has 5 aliphatic rings. The van der Waals surface area contributed by atoms with Crippen molar-refractivity contribution in [1.29, 1.82) is 0 Å². The van der Waals surface area contributed by atoms with E-state index in [0.29, 0.717) is 19.6 Å². The first-order valence-corrected chi connectivity index (χ1v) is 6.44. The van der Waals surface area contributed by atoms with Crippen molar-refractivity contribution in [3.05, 3.63) is 12.2 Å². The molecule has 0 aromatic carbocycles. The van der Waals surface area contributed by atoms with E-state index in [1.54, 1.807) is 0 Å². The molecule has 2 spiro atoms. The highest BCUT2D eigenvalue weighted by Gasteiger charge is 2.82. The molecule has 5 heterocycles. The summed E-state index contributed by atoms with van der Waals surface area (Å²) in [5.41, 5.74) is -1.64. The Balaban J connectivity index is 1.79. The van der Waals surface area contributed by atoms with Gasteiger partial charge in [-0.05, 0) is 6.92 Å². The van der Waals surface area contributed by atoms with Crippen LogP contribution in [0.25, 0.3) is 0 Å². The van der Waals surface area contributed by atoms with Crippen molar-refractivity contribution in [3.8, 4) is 0 Å². The Morgan fingerprint density at radius 3 is 3.17 bits per heavy atom. The van der Waals surface area contributed by atoms with E-state index in [-0.39, 0.29) is 24.1 Å². The molecule has 0 radical (unpaired) electrons. The van der Waals surface area contributed by atoms with Crippen molar-refractivity contribution >= 4 is 5.97 Å². The predicted molar refractivity (Wildman–Crippen MR) is 57.8 cm³/mol. The van der Waals surface area contributed by atoms with Gasteiger partial charge in [-0.3, -0.25) is 4.79 Å². The molecule has 4 fully saturated rings. The zero-order valence-corrected chi connectivity index (χ0v) is 10.0. The van der Waals surface area contributed by atoms with Crippen LogP contribution in [0.4, 0.5) is 0 Å². The molecule has 0 amide bonds. The first-order chi connectivity index (χ1) is 8.60. The molecule has 5 heteroatoms. The Hall–Kier alpha value is -0.910. The monoisotopic (exact) mass is 250 g/mol. The lowest BCUT2D eigenvalue weighted by atomic mass is 9.71. The van der Waals surface area contributed by atoms with Crippen molar-refractivity contribution < 1.29 is 23.7 Å². The molecule has 0 unspecified atom stereocenters. The van der Waals surface area contributed by atoms with Crippen LogP contribution in [-0.2, 0) is 23.7 Å². The summed E-state index contributed by atoms with van der Waals surface area (Å²) < 4.78 is 23.7. The average molecular weight is 250 g/mol. The molecule has 5 rings (SSSR count). The van der Waals surface area contributed by atoms with Crippen molar-refractivity contribution in [2.75, 3.05) is 13.2 Å². The van der Waals surface area contributed by atoms with Crippen LogP contribution >= 0.6 is 0 Å². The number of carbonyl (C=O) groups is 1. The van der Waals surface area contributed by atoms with Crippen LogP contribution in [0.5, 0.6) is 0 Å². The summed E-state index contributed by atoms with van der Waals surface area (Å²) in [4.78, 5) is 11.8. The van der Waals surface area contributed by atoms with Crippen LogP contribution in [0, 0.1) is 5.92 Å². The first-order valence-electron chi connectivity index (χ1n) is 6.44. The minimum absolute atomic E-state index is 0.0511. The quantitative estimate of drug-likeness (QED) is 0.453. The summed E-state index contributed by atoms with van der Waals surface area (Å²) in [6.07, 6.45) is 4.14. The van der Waals surface area contributed by atoms with Gasteiger partial charge in [-0.2, -0.15) is 0 Å². The molecular weight excluding hydrogens is 236 g/mol. The van der Waals surface area contributed by atoms with E-state index in [9.17, 15) is 4.79 Å². The molecule has 0 saturated carbocycles. The molecule has 18 heavy (non-hydrogen) atoms. The van der Waals surface area contributed by atoms with Crippen LogP contribution in [0.15, 0.2) is 12.2 Å². The van der Waals surface area contributed by atoms with Gasteiger partial charge in [0, 0.05) is 0 Å². The smallest absolute Gasteiger partial charge is 0.309 e. The lowest BCUT2D eigenvalue weighted by Crippen LogP contribution is -2.55. The number of rotatable bonds is 0. The summed E-state index contributed by atoms with van der Waals surface area (Å²) in [5, 5.41) is 0. The minimum atomic E-state index is -0.658. The standard InChI is InChI=1S/C13H14O5/c1-11-4-9(14)17-13(11)8-5-15-6-12(8)3-2-7(16-11)10(13)18-12/h2-3,7-8,10H,4-6H2,1H3/t7-,8-,10+,11-,12+,13-/m1/s1. The summed E-state index contributed by atoms with van der Waals surface area (Å²) in [6.45, 7) is 3.09.